The first-order chi connectivity index (χ1) is 7.27. The predicted molar refractivity (Wildman–Crippen MR) is 63.8 cm³/mol. The molecule has 1 amide bonds. The normalized spacial score (nSPS) is 29.3. The van der Waals surface area contributed by atoms with Gasteiger partial charge in [0.25, 0.3) is 0 Å². The van der Waals surface area contributed by atoms with E-state index in [-0.39, 0.29) is 11.3 Å². The van der Waals surface area contributed by atoms with Crippen LogP contribution in [0, 0.1) is 5.41 Å². The molecule has 2 fully saturated rings. The average molecular weight is 228 g/mol. The predicted octanol–water partition coefficient (Wildman–Crippen LogP) is 1.13. The molecule has 1 aliphatic heterocycles. The highest BCUT2D eigenvalue weighted by Gasteiger charge is 2.40. The molecule has 3 N–H and O–H groups in total. The van der Waals surface area contributed by atoms with Crippen LogP contribution in [-0.4, -0.2) is 30.0 Å². The fourth-order valence-corrected chi connectivity index (χ4v) is 3.71. The summed E-state index contributed by atoms with van der Waals surface area (Å²) in [5.74, 6) is 2.47. The molecule has 1 heterocycles. The summed E-state index contributed by atoms with van der Waals surface area (Å²) in [7, 11) is 0. The third-order valence-electron chi connectivity index (χ3n) is 3.70. The van der Waals surface area contributed by atoms with Crippen LogP contribution in [0.4, 0.5) is 0 Å². The van der Waals surface area contributed by atoms with E-state index in [1.807, 2.05) is 11.8 Å². The Kier molecular flexibility index (Phi) is 3.57. The van der Waals surface area contributed by atoms with Gasteiger partial charge in [0, 0.05) is 18.3 Å². The molecule has 1 unspecified atom stereocenters. The smallest absolute Gasteiger partial charge is 0.227 e. The van der Waals surface area contributed by atoms with E-state index in [1.54, 1.807) is 0 Å². The van der Waals surface area contributed by atoms with E-state index in [0.717, 1.165) is 37.9 Å². The number of thioether (sulfide) groups is 1. The number of amides is 1. The molecule has 15 heavy (non-hydrogen) atoms. The van der Waals surface area contributed by atoms with Crippen LogP contribution in [0.25, 0.3) is 0 Å². The van der Waals surface area contributed by atoms with E-state index in [0.29, 0.717) is 12.6 Å². The van der Waals surface area contributed by atoms with Crippen molar-refractivity contribution in [3.63, 3.8) is 0 Å². The first kappa shape index (κ1) is 11.3. The van der Waals surface area contributed by atoms with Crippen molar-refractivity contribution in [2.24, 2.45) is 11.1 Å². The summed E-state index contributed by atoms with van der Waals surface area (Å²) in [4.78, 5) is 12.2. The fourth-order valence-electron chi connectivity index (χ4n) is 2.56. The van der Waals surface area contributed by atoms with Crippen molar-refractivity contribution in [1.29, 1.82) is 0 Å². The number of carbonyl (C=O) groups is 1. The Morgan fingerprint density at radius 1 is 1.47 bits per heavy atom. The van der Waals surface area contributed by atoms with Gasteiger partial charge in [0.2, 0.25) is 5.91 Å². The second-order valence-electron chi connectivity index (χ2n) is 4.73. The fraction of sp³-hybridized carbons (Fsp3) is 0.909. The summed E-state index contributed by atoms with van der Waals surface area (Å²) in [5.41, 5.74) is 5.55. The van der Waals surface area contributed by atoms with Crippen LogP contribution in [0.15, 0.2) is 0 Å². The maximum atomic E-state index is 12.2. The topological polar surface area (TPSA) is 55.1 Å². The molecular formula is C11H20N2OS. The van der Waals surface area contributed by atoms with Crippen molar-refractivity contribution in [2.75, 3.05) is 18.1 Å². The van der Waals surface area contributed by atoms with Crippen molar-refractivity contribution in [3.8, 4) is 0 Å². The van der Waals surface area contributed by atoms with Crippen LogP contribution in [0.3, 0.4) is 0 Å². The van der Waals surface area contributed by atoms with Crippen LogP contribution >= 0.6 is 11.8 Å². The molecular weight excluding hydrogens is 208 g/mol. The molecule has 1 saturated carbocycles. The van der Waals surface area contributed by atoms with Gasteiger partial charge in [-0.15, -0.1) is 0 Å². The molecule has 1 aliphatic carbocycles. The number of nitrogens with two attached hydrogens (primary N) is 1. The van der Waals surface area contributed by atoms with Gasteiger partial charge in [-0.05, 0) is 25.0 Å². The minimum Gasteiger partial charge on any atom is -0.352 e. The van der Waals surface area contributed by atoms with E-state index >= 15 is 0 Å². The third kappa shape index (κ3) is 2.31. The highest BCUT2D eigenvalue weighted by Crippen LogP contribution is 2.37. The molecule has 2 aliphatic rings. The molecule has 0 bridgehead atoms. The minimum atomic E-state index is -0.229. The van der Waals surface area contributed by atoms with Gasteiger partial charge in [-0.1, -0.05) is 12.8 Å². The zero-order valence-electron chi connectivity index (χ0n) is 9.13. The summed E-state index contributed by atoms with van der Waals surface area (Å²) >= 11 is 1.93. The van der Waals surface area contributed by atoms with Gasteiger partial charge < -0.3 is 11.1 Å². The number of hydrogen-bond acceptors (Lipinski definition) is 3. The molecule has 86 valence electrons. The zero-order chi connectivity index (χ0) is 10.7. The van der Waals surface area contributed by atoms with Crippen molar-refractivity contribution in [3.05, 3.63) is 0 Å². The van der Waals surface area contributed by atoms with Crippen molar-refractivity contribution < 1.29 is 4.79 Å². The monoisotopic (exact) mass is 228 g/mol. The average Bonchev–Trinajstić information content (AvgIpc) is 2.87. The lowest BCUT2D eigenvalue weighted by molar-refractivity contribution is -0.130. The van der Waals surface area contributed by atoms with Crippen LogP contribution in [0.2, 0.25) is 0 Å². The summed E-state index contributed by atoms with van der Waals surface area (Å²) in [6.07, 6.45) is 5.40. The molecule has 0 aromatic heterocycles. The van der Waals surface area contributed by atoms with Gasteiger partial charge in [0.1, 0.15) is 0 Å². The van der Waals surface area contributed by atoms with E-state index in [1.165, 1.54) is 5.75 Å². The van der Waals surface area contributed by atoms with Crippen LogP contribution in [0.1, 0.15) is 32.1 Å². The quantitative estimate of drug-likeness (QED) is 0.761. The lowest BCUT2D eigenvalue weighted by Gasteiger charge is -2.27. The van der Waals surface area contributed by atoms with E-state index in [2.05, 4.69) is 5.32 Å². The Balaban J connectivity index is 1.92. The van der Waals surface area contributed by atoms with Crippen molar-refractivity contribution >= 4 is 17.7 Å². The molecule has 3 nitrogen and oxygen atoms in total. The second-order valence-corrected chi connectivity index (χ2v) is 5.88. The minimum absolute atomic E-state index is 0.218. The zero-order valence-corrected chi connectivity index (χ0v) is 9.94. The van der Waals surface area contributed by atoms with Crippen molar-refractivity contribution in [2.45, 2.75) is 38.1 Å². The van der Waals surface area contributed by atoms with Gasteiger partial charge in [0.15, 0.2) is 0 Å². The molecule has 1 saturated heterocycles. The summed E-state index contributed by atoms with van der Waals surface area (Å²) in [6.45, 7) is 0.513. The number of nitrogens with one attached hydrogen (secondary N) is 1. The maximum Gasteiger partial charge on any atom is 0.227 e. The van der Waals surface area contributed by atoms with Crippen LogP contribution < -0.4 is 11.1 Å². The summed E-state index contributed by atoms with van der Waals surface area (Å²) in [6, 6.07) is 0.395. The largest absolute Gasteiger partial charge is 0.352 e. The summed E-state index contributed by atoms with van der Waals surface area (Å²) in [5, 5.41) is 3.17. The van der Waals surface area contributed by atoms with E-state index in [4.69, 9.17) is 5.73 Å². The van der Waals surface area contributed by atoms with Gasteiger partial charge >= 0.3 is 0 Å². The van der Waals surface area contributed by atoms with Gasteiger partial charge in [-0.2, -0.15) is 11.8 Å². The van der Waals surface area contributed by atoms with Gasteiger partial charge in [0.05, 0.1) is 5.41 Å². The highest BCUT2D eigenvalue weighted by atomic mass is 32.2. The van der Waals surface area contributed by atoms with Gasteiger partial charge in [-0.3, -0.25) is 4.79 Å². The van der Waals surface area contributed by atoms with Crippen LogP contribution in [0.5, 0.6) is 0 Å². The van der Waals surface area contributed by atoms with E-state index in [9.17, 15) is 4.79 Å². The summed E-state index contributed by atoms with van der Waals surface area (Å²) < 4.78 is 0. The highest BCUT2D eigenvalue weighted by molar-refractivity contribution is 7.99. The van der Waals surface area contributed by atoms with Crippen LogP contribution in [-0.2, 0) is 4.79 Å². The Hall–Kier alpha value is -0.220. The van der Waals surface area contributed by atoms with Gasteiger partial charge in [-0.25, -0.2) is 0 Å². The maximum absolute atomic E-state index is 12.2. The Morgan fingerprint density at radius 2 is 2.20 bits per heavy atom. The Morgan fingerprint density at radius 3 is 2.73 bits per heavy atom. The van der Waals surface area contributed by atoms with Crippen molar-refractivity contribution in [1.82, 2.24) is 5.32 Å². The first-order valence-electron chi connectivity index (χ1n) is 5.86. The molecule has 1 atom stereocenters. The number of carbonyl (C=O) groups excluding carboxylic acids is 1. The lowest BCUT2D eigenvalue weighted by atomic mass is 9.85. The SMILES string of the molecule is NCC1(C(=O)NC2CCSC2)CCCC1. The Bertz CT molecular complexity index is 233. The third-order valence-corrected chi connectivity index (χ3v) is 4.86. The first-order valence-corrected chi connectivity index (χ1v) is 7.01. The second kappa shape index (κ2) is 4.74. The Labute approximate surface area is 95.6 Å². The molecule has 0 aromatic rings. The molecule has 0 spiro atoms. The lowest BCUT2D eigenvalue weighted by Crippen LogP contribution is -2.48. The molecule has 0 aromatic carbocycles. The molecule has 2 rings (SSSR count). The van der Waals surface area contributed by atoms with E-state index < -0.39 is 0 Å². The molecule has 0 radical (unpaired) electrons. The number of rotatable bonds is 3. The molecule has 4 heteroatoms. The number of hydrogen-bond donors (Lipinski definition) is 2. The standard InChI is InChI=1S/C11H20N2OS/c12-8-11(4-1-2-5-11)10(14)13-9-3-6-15-7-9/h9H,1-8,12H2,(H,13,14).